The Kier molecular flexibility index (Phi) is 2.89. The SMILES string of the molecule is NC1(N)C=CC(Cc2ccccc2)=CC1(N)N. The van der Waals surface area contributed by atoms with Gasteiger partial charge in [-0.2, -0.15) is 0 Å². The second-order valence-corrected chi connectivity index (χ2v) is 4.58. The topological polar surface area (TPSA) is 104 Å². The summed E-state index contributed by atoms with van der Waals surface area (Å²) in [5, 5.41) is 0. The number of benzene rings is 1. The highest BCUT2D eigenvalue weighted by atomic mass is 15.1. The van der Waals surface area contributed by atoms with Crippen molar-refractivity contribution in [2.75, 3.05) is 0 Å². The molecule has 0 spiro atoms. The van der Waals surface area contributed by atoms with Gasteiger partial charge in [0.15, 0.2) is 0 Å². The lowest BCUT2D eigenvalue weighted by Crippen LogP contribution is -2.75. The standard InChI is InChI=1S/C13H18N4/c14-12(15)7-6-11(9-13(12,16)17)8-10-4-2-1-3-5-10/h1-7,9H,8,14-17H2. The molecule has 0 radical (unpaired) electrons. The van der Waals surface area contributed by atoms with Crippen molar-refractivity contribution in [2.45, 2.75) is 17.7 Å². The number of allylic oxidation sites excluding steroid dienone is 2. The van der Waals surface area contributed by atoms with Crippen molar-refractivity contribution in [3.8, 4) is 0 Å². The van der Waals surface area contributed by atoms with Crippen LogP contribution in [0.25, 0.3) is 0 Å². The molecule has 0 amide bonds. The number of hydrogen-bond acceptors (Lipinski definition) is 4. The molecule has 0 bridgehead atoms. The minimum Gasteiger partial charge on any atom is -0.307 e. The molecule has 0 saturated heterocycles. The molecule has 8 N–H and O–H groups in total. The van der Waals surface area contributed by atoms with E-state index in [0.717, 1.165) is 12.0 Å². The Morgan fingerprint density at radius 3 is 2.12 bits per heavy atom. The summed E-state index contributed by atoms with van der Waals surface area (Å²) in [6, 6.07) is 10.1. The van der Waals surface area contributed by atoms with E-state index >= 15 is 0 Å². The van der Waals surface area contributed by atoms with Gasteiger partial charge in [-0.3, -0.25) is 0 Å². The van der Waals surface area contributed by atoms with E-state index in [2.05, 4.69) is 12.1 Å². The number of nitrogens with two attached hydrogens (primary N) is 4. The zero-order chi connectivity index (χ0) is 12.5. The van der Waals surface area contributed by atoms with E-state index in [0.29, 0.717) is 0 Å². The van der Waals surface area contributed by atoms with Crippen LogP contribution in [0.4, 0.5) is 0 Å². The van der Waals surface area contributed by atoms with E-state index in [1.807, 2.05) is 24.3 Å². The lowest BCUT2D eigenvalue weighted by Gasteiger charge is -2.38. The van der Waals surface area contributed by atoms with Gasteiger partial charge in [-0.1, -0.05) is 36.4 Å². The molecule has 4 nitrogen and oxygen atoms in total. The highest BCUT2D eigenvalue weighted by molar-refractivity contribution is 5.39. The normalized spacial score (nSPS) is 21.1. The molecule has 1 aliphatic rings. The Morgan fingerprint density at radius 2 is 1.53 bits per heavy atom. The lowest BCUT2D eigenvalue weighted by atomic mass is 9.86. The first kappa shape index (κ1) is 12.0. The zero-order valence-corrected chi connectivity index (χ0v) is 9.64. The van der Waals surface area contributed by atoms with Crippen molar-refractivity contribution in [3.63, 3.8) is 0 Å². The van der Waals surface area contributed by atoms with Gasteiger partial charge in [0.1, 0.15) is 11.3 Å². The molecule has 1 aliphatic carbocycles. The molecule has 2 rings (SSSR count). The van der Waals surface area contributed by atoms with Gasteiger partial charge in [0, 0.05) is 0 Å². The quantitative estimate of drug-likeness (QED) is 0.535. The summed E-state index contributed by atoms with van der Waals surface area (Å²) < 4.78 is 0. The van der Waals surface area contributed by atoms with E-state index in [-0.39, 0.29) is 0 Å². The first-order valence-corrected chi connectivity index (χ1v) is 5.51. The Balaban J connectivity index is 2.20. The second kappa shape index (κ2) is 4.09. The van der Waals surface area contributed by atoms with Crippen LogP contribution in [0.2, 0.25) is 0 Å². The summed E-state index contributed by atoms with van der Waals surface area (Å²) in [6.45, 7) is 0. The summed E-state index contributed by atoms with van der Waals surface area (Å²) in [6.07, 6.45) is 6.04. The van der Waals surface area contributed by atoms with Crippen molar-refractivity contribution in [1.29, 1.82) is 0 Å². The van der Waals surface area contributed by atoms with Crippen LogP contribution >= 0.6 is 0 Å². The molecule has 1 aromatic carbocycles. The summed E-state index contributed by atoms with van der Waals surface area (Å²) in [5.41, 5.74) is 23.2. The Hall–Kier alpha value is -1.46. The van der Waals surface area contributed by atoms with Crippen LogP contribution in [0.1, 0.15) is 5.56 Å². The third kappa shape index (κ3) is 2.45. The maximum atomic E-state index is 5.90. The van der Waals surface area contributed by atoms with Crippen molar-refractivity contribution >= 4 is 0 Å². The lowest BCUT2D eigenvalue weighted by molar-refractivity contribution is 0.345. The van der Waals surface area contributed by atoms with Gasteiger partial charge in [-0.25, -0.2) is 0 Å². The fraction of sp³-hybridized carbons (Fsp3) is 0.231. The van der Waals surface area contributed by atoms with Crippen molar-refractivity contribution in [2.24, 2.45) is 22.9 Å². The largest absolute Gasteiger partial charge is 0.307 e. The van der Waals surface area contributed by atoms with Gasteiger partial charge in [-0.05, 0) is 29.7 Å². The van der Waals surface area contributed by atoms with E-state index in [1.165, 1.54) is 5.56 Å². The minimum absolute atomic E-state index is 0.767. The van der Waals surface area contributed by atoms with Gasteiger partial charge in [0.05, 0.1) is 0 Å². The van der Waals surface area contributed by atoms with Gasteiger partial charge in [-0.15, -0.1) is 0 Å². The number of hydrogen-bond donors (Lipinski definition) is 4. The summed E-state index contributed by atoms with van der Waals surface area (Å²) >= 11 is 0. The fourth-order valence-electron chi connectivity index (χ4n) is 1.81. The predicted molar refractivity (Wildman–Crippen MR) is 69.6 cm³/mol. The van der Waals surface area contributed by atoms with Crippen LogP contribution in [0.3, 0.4) is 0 Å². The molecular weight excluding hydrogens is 212 g/mol. The van der Waals surface area contributed by atoms with Gasteiger partial charge >= 0.3 is 0 Å². The maximum Gasteiger partial charge on any atom is 0.119 e. The van der Waals surface area contributed by atoms with E-state index in [9.17, 15) is 0 Å². The third-order valence-electron chi connectivity index (χ3n) is 3.00. The second-order valence-electron chi connectivity index (χ2n) is 4.58. The summed E-state index contributed by atoms with van der Waals surface area (Å²) in [7, 11) is 0. The molecule has 0 fully saturated rings. The van der Waals surface area contributed by atoms with Crippen LogP contribution in [0.5, 0.6) is 0 Å². The van der Waals surface area contributed by atoms with Crippen LogP contribution in [-0.2, 0) is 6.42 Å². The summed E-state index contributed by atoms with van der Waals surface area (Å²) in [4.78, 5) is 0. The van der Waals surface area contributed by atoms with E-state index in [4.69, 9.17) is 22.9 Å². The Morgan fingerprint density at radius 1 is 0.882 bits per heavy atom. The Labute approximate surface area is 101 Å². The first-order chi connectivity index (χ1) is 7.91. The van der Waals surface area contributed by atoms with Crippen molar-refractivity contribution < 1.29 is 0 Å². The van der Waals surface area contributed by atoms with Crippen molar-refractivity contribution in [1.82, 2.24) is 0 Å². The highest BCUT2D eigenvalue weighted by Gasteiger charge is 2.38. The van der Waals surface area contributed by atoms with Gasteiger partial charge in [0.2, 0.25) is 0 Å². The number of rotatable bonds is 2. The molecule has 90 valence electrons. The van der Waals surface area contributed by atoms with E-state index < -0.39 is 11.3 Å². The third-order valence-corrected chi connectivity index (χ3v) is 3.00. The monoisotopic (exact) mass is 230 g/mol. The average Bonchev–Trinajstić information content (AvgIpc) is 2.25. The minimum atomic E-state index is -1.22. The zero-order valence-electron chi connectivity index (χ0n) is 9.64. The fourth-order valence-corrected chi connectivity index (χ4v) is 1.81. The molecule has 0 unspecified atom stereocenters. The van der Waals surface area contributed by atoms with Crippen LogP contribution < -0.4 is 22.9 Å². The Bertz CT molecular complexity index is 458. The average molecular weight is 230 g/mol. The molecule has 0 saturated carbocycles. The first-order valence-electron chi connectivity index (χ1n) is 5.51. The van der Waals surface area contributed by atoms with Crippen LogP contribution in [0, 0.1) is 0 Å². The predicted octanol–water partition coefficient (Wildman–Crippen LogP) is -0.0473. The maximum absolute atomic E-state index is 5.90. The van der Waals surface area contributed by atoms with Crippen LogP contribution in [-0.4, -0.2) is 11.3 Å². The summed E-state index contributed by atoms with van der Waals surface area (Å²) in [5.74, 6) is 0. The van der Waals surface area contributed by atoms with Gasteiger partial charge in [0.25, 0.3) is 0 Å². The molecule has 0 aliphatic heterocycles. The van der Waals surface area contributed by atoms with Gasteiger partial charge < -0.3 is 22.9 Å². The molecule has 4 heteroatoms. The smallest absolute Gasteiger partial charge is 0.119 e. The molecular formula is C13H18N4. The molecule has 0 atom stereocenters. The van der Waals surface area contributed by atoms with E-state index in [1.54, 1.807) is 12.2 Å². The highest BCUT2D eigenvalue weighted by Crippen LogP contribution is 2.21. The molecule has 0 aromatic heterocycles. The molecule has 0 heterocycles. The van der Waals surface area contributed by atoms with Crippen LogP contribution in [0.15, 0.2) is 54.1 Å². The van der Waals surface area contributed by atoms with Crippen molar-refractivity contribution in [3.05, 3.63) is 59.7 Å². The molecule has 17 heavy (non-hydrogen) atoms. The molecule has 1 aromatic rings.